The maximum absolute atomic E-state index is 5.56. The Bertz CT molecular complexity index is 276. The van der Waals surface area contributed by atoms with Gasteiger partial charge in [-0.2, -0.15) is 0 Å². The van der Waals surface area contributed by atoms with Crippen LogP contribution in [0.25, 0.3) is 0 Å². The molecule has 5 N–H and O–H groups in total. The zero-order chi connectivity index (χ0) is 12.7. The SMILES string of the molecule is CC(C)(CNCC1C=CC(SN)CC1)N=CN. The molecule has 1 rings (SSSR count). The van der Waals surface area contributed by atoms with Crippen molar-refractivity contribution < 1.29 is 0 Å². The Morgan fingerprint density at radius 1 is 1.47 bits per heavy atom. The molecule has 2 unspecified atom stereocenters. The van der Waals surface area contributed by atoms with Gasteiger partial charge in [-0.1, -0.05) is 24.1 Å². The van der Waals surface area contributed by atoms with Gasteiger partial charge in [0.2, 0.25) is 0 Å². The number of nitrogens with zero attached hydrogens (tertiary/aromatic N) is 1. The van der Waals surface area contributed by atoms with E-state index in [-0.39, 0.29) is 5.54 Å². The average Bonchev–Trinajstić information content (AvgIpc) is 2.29. The first-order valence-electron chi connectivity index (χ1n) is 6.07. The molecular formula is C12H24N4S. The summed E-state index contributed by atoms with van der Waals surface area (Å²) in [7, 11) is 0. The predicted molar refractivity (Wildman–Crippen MR) is 77.1 cm³/mol. The fourth-order valence-corrected chi connectivity index (χ4v) is 2.40. The highest BCUT2D eigenvalue weighted by molar-refractivity contribution is 7.97. The van der Waals surface area contributed by atoms with Gasteiger partial charge in [0, 0.05) is 18.3 Å². The summed E-state index contributed by atoms with van der Waals surface area (Å²) >= 11 is 1.44. The van der Waals surface area contributed by atoms with Crippen LogP contribution in [0.1, 0.15) is 26.7 Å². The van der Waals surface area contributed by atoms with Crippen LogP contribution < -0.4 is 16.2 Å². The first kappa shape index (κ1) is 14.5. The molecule has 17 heavy (non-hydrogen) atoms. The Balaban J connectivity index is 2.24. The van der Waals surface area contributed by atoms with Crippen molar-refractivity contribution in [3.8, 4) is 0 Å². The predicted octanol–water partition coefficient (Wildman–Crippen LogP) is 1.28. The highest BCUT2D eigenvalue weighted by Crippen LogP contribution is 2.23. The molecule has 0 saturated carbocycles. The molecule has 0 heterocycles. The minimum Gasteiger partial charge on any atom is -0.390 e. The van der Waals surface area contributed by atoms with E-state index >= 15 is 0 Å². The highest BCUT2D eigenvalue weighted by atomic mass is 32.2. The largest absolute Gasteiger partial charge is 0.390 e. The molecule has 0 amide bonds. The van der Waals surface area contributed by atoms with Gasteiger partial charge in [0.05, 0.1) is 11.9 Å². The quantitative estimate of drug-likeness (QED) is 0.290. The van der Waals surface area contributed by atoms with Gasteiger partial charge in [0.15, 0.2) is 0 Å². The molecule has 0 aliphatic heterocycles. The zero-order valence-electron chi connectivity index (χ0n) is 10.7. The van der Waals surface area contributed by atoms with E-state index in [0.29, 0.717) is 11.2 Å². The summed E-state index contributed by atoms with van der Waals surface area (Å²) in [6.45, 7) is 5.99. The Kier molecular flexibility index (Phi) is 6.02. The zero-order valence-corrected chi connectivity index (χ0v) is 11.5. The molecule has 0 fully saturated rings. The standard InChI is InChI=1S/C12H24N4S/c1-12(2,16-9-13)8-15-7-10-3-5-11(17-14)6-4-10/h3,5,9-11,15H,4,6-8,14H2,1-2H3,(H2,13,16). The molecule has 0 radical (unpaired) electrons. The summed E-state index contributed by atoms with van der Waals surface area (Å²) in [5.74, 6) is 0.621. The second-order valence-electron chi connectivity index (χ2n) is 5.12. The van der Waals surface area contributed by atoms with Crippen LogP contribution in [0.15, 0.2) is 17.1 Å². The van der Waals surface area contributed by atoms with Gasteiger partial charge in [-0.3, -0.25) is 10.1 Å². The van der Waals surface area contributed by atoms with Crippen molar-refractivity contribution in [3.63, 3.8) is 0 Å². The lowest BCUT2D eigenvalue weighted by molar-refractivity contribution is 0.431. The third-order valence-electron chi connectivity index (χ3n) is 2.98. The number of nitrogens with one attached hydrogen (secondary N) is 1. The minimum absolute atomic E-state index is 0.122. The van der Waals surface area contributed by atoms with Gasteiger partial charge in [-0.15, -0.1) is 0 Å². The third kappa shape index (κ3) is 5.57. The van der Waals surface area contributed by atoms with Crippen LogP contribution in [0.2, 0.25) is 0 Å². The minimum atomic E-state index is -0.122. The normalized spacial score (nSPS) is 25.6. The summed E-state index contributed by atoms with van der Waals surface area (Å²) in [5, 5.41) is 9.52. The van der Waals surface area contributed by atoms with Crippen molar-refractivity contribution in [1.82, 2.24) is 5.32 Å². The number of rotatable bonds is 6. The van der Waals surface area contributed by atoms with E-state index in [1.54, 1.807) is 0 Å². The Labute approximate surface area is 108 Å². The van der Waals surface area contributed by atoms with E-state index < -0.39 is 0 Å². The monoisotopic (exact) mass is 256 g/mol. The molecule has 0 aromatic rings. The Morgan fingerprint density at radius 2 is 2.24 bits per heavy atom. The van der Waals surface area contributed by atoms with E-state index in [4.69, 9.17) is 10.9 Å². The Hall–Kier alpha value is -0.520. The summed E-state index contributed by atoms with van der Waals surface area (Å²) in [5.41, 5.74) is 5.19. The van der Waals surface area contributed by atoms with Crippen LogP contribution in [0.5, 0.6) is 0 Å². The van der Waals surface area contributed by atoms with Crippen LogP contribution in [0.3, 0.4) is 0 Å². The Morgan fingerprint density at radius 3 is 2.76 bits per heavy atom. The van der Waals surface area contributed by atoms with E-state index in [2.05, 4.69) is 36.3 Å². The first-order chi connectivity index (χ1) is 8.07. The van der Waals surface area contributed by atoms with E-state index in [1.807, 2.05) is 0 Å². The van der Waals surface area contributed by atoms with Gasteiger partial charge in [-0.05, 0) is 32.6 Å². The van der Waals surface area contributed by atoms with Crippen LogP contribution in [0.4, 0.5) is 0 Å². The summed E-state index contributed by atoms with van der Waals surface area (Å²) in [6, 6.07) is 0. The molecule has 2 atom stereocenters. The number of aliphatic imine (C=N–C) groups is 1. The number of nitrogens with two attached hydrogens (primary N) is 2. The maximum atomic E-state index is 5.56. The van der Waals surface area contributed by atoms with Crippen LogP contribution >= 0.6 is 11.9 Å². The molecule has 1 aliphatic rings. The molecule has 4 nitrogen and oxygen atoms in total. The van der Waals surface area contributed by atoms with Crippen molar-refractivity contribution in [3.05, 3.63) is 12.2 Å². The fraction of sp³-hybridized carbons (Fsp3) is 0.750. The lowest BCUT2D eigenvalue weighted by Crippen LogP contribution is -2.36. The van der Waals surface area contributed by atoms with Gasteiger partial charge in [0.25, 0.3) is 0 Å². The van der Waals surface area contributed by atoms with Gasteiger partial charge >= 0.3 is 0 Å². The van der Waals surface area contributed by atoms with Crippen molar-refractivity contribution in [2.75, 3.05) is 13.1 Å². The number of hydrogen-bond acceptors (Lipinski definition) is 4. The van der Waals surface area contributed by atoms with Crippen LogP contribution in [-0.4, -0.2) is 30.2 Å². The molecule has 0 saturated heterocycles. The molecular weight excluding hydrogens is 232 g/mol. The van der Waals surface area contributed by atoms with Gasteiger partial charge in [-0.25, -0.2) is 0 Å². The summed E-state index contributed by atoms with van der Waals surface area (Å²) in [4.78, 5) is 4.22. The van der Waals surface area contributed by atoms with Crippen molar-refractivity contribution >= 4 is 18.3 Å². The van der Waals surface area contributed by atoms with Crippen molar-refractivity contribution in [2.24, 2.45) is 21.8 Å². The molecule has 0 bridgehead atoms. The fourth-order valence-electron chi connectivity index (χ4n) is 1.95. The first-order valence-corrected chi connectivity index (χ1v) is 7.01. The molecule has 98 valence electrons. The topological polar surface area (TPSA) is 76.4 Å². The van der Waals surface area contributed by atoms with Crippen molar-refractivity contribution in [1.29, 1.82) is 0 Å². The molecule has 5 heteroatoms. The lowest BCUT2D eigenvalue weighted by atomic mass is 9.95. The smallest absolute Gasteiger partial charge is 0.0804 e. The average molecular weight is 256 g/mol. The van der Waals surface area contributed by atoms with Gasteiger partial charge < -0.3 is 11.1 Å². The molecule has 1 aliphatic carbocycles. The van der Waals surface area contributed by atoms with E-state index in [1.165, 1.54) is 31.1 Å². The maximum Gasteiger partial charge on any atom is 0.0804 e. The lowest BCUT2D eigenvalue weighted by Gasteiger charge is -2.24. The highest BCUT2D eigenvalue weighted by Gasteiger charge is 2.17. The molecule has 0 aromatic carbocycles. The van der Waals surface area contributed by atoms with E-state index in [9.17, 15) is 0 Å². The summed E-state index contributed by atoms with van der Waals surface area (Å²) < 4.78 is 0. The molecule has 0 aromatic heterocycles. The van der Waals surface area contributed by atoms with Gasteiger partial charge in [0.1, 0.15) is 0 Å². The second kappa shape index (κ2) is 7.03. The van der Waals surface area contributed by atoms with Crippen LogP contribution in [-0.2, 0) is 0 Å². The van der Waals surface area contributed by atoms with E-state index in [0.717, 1.165) is 13.1 Å². The van der Waals surface area contributed by atoms with Crippen LogP contribution in [0, 0.1) is 5.92 Å². The molecule has 0 spiro atoms. The third-order valence-corrected chi connectivity index (χ3v) is 3.73. The van der Waals surface area contributed by atoms with Crippen molar-refractivity contribution in [2.45, 2.75) is 37.5 Å². The second-order valence-corrected chi connectivity index (χ2v) is 6.00. The summed E-state index contributed by atoms with van der Waals surface area (Å²) in [6.07, 6.45) is 8.27. The number of hydrogen-bond donors (Lipinski definition) is 3.